The first-order chi connectivity index (χ1) is 11.1. The minimum absolute atomic E-state index is 0.0421. The molecule has 0 radical (unpaired) electrons. The molecule has 114 valence electrons. The van der Waals surface area contributed by atoms with Gasteiger partial charge in [-0.1, -0.05) is 30.3 Å². The molecule has 0 fully saturated rings. The lowest BCUT2D eigenvalue weighted by Gasteiger charge is -2.11. The average molecular weight is 388 g/mol. The molecular formula is C16H10BrN3O2S. The third-order valence-corrected chi connectivity index (χ3v) is 4.62. The number of aromatic hydroxyl groups is 1. The zero-order valence-corrected chi connectivity index (χ0v) is 14.0. The third kappa shape index (κ3) is 2.99. The Balaban J connectivity index is 2.06. The van der Waals surface area contributed by atoms with Crippen molar-refractivity contribution in [1.29, 1.82) is 5.26 Å². The van der Waals surface area contributed by atoms with Gasteiger partial charge in [-0.05, 0) is 45.2 Å². The minimum atomic E-state index is -0.416. The molecule has 0 atom stereocenters. The average Bonchev–Trinajstić information content (AvgIpc) is 2.91. The monoisotopic (exact) mass is 387 g/mol. The first-order valence-corrected chi connectivity index (χ1v) is 8.17. The molecule has 7 heteroatoms. The summed E-state index contributed by atoms with van der Waals surface area (Å²) in [6, 6.07) is 14.8. The third-order valence-electron chi connectivity index (χ3n) is 3.22. The van der Waals surface area contributed by atoms with Crippen molar-refractivity contribution in [2.45, 2.75) is 0 Å². The Hall–Kier alpha value is -2.56. The largest absolute Gasteiger partial charge is 0.506 e. The fraction of sp³-hybridized carbons (Fsp3) is 0. The van der Waals surface area contributed by atoms with Crippen molar-refractivity contribution in [3.8, 4) is 22.9 Å². The molecule has 0 saturated carbocycles. The Morgan fingerprint density at radius 2 is 2.00 bits per heavy atom. The van der Waals surface area contributed by atoms with Crippen LogP contribution < -0.4 is 10.9 Å². The van der Waals surface area contributed by atoms with Crippen LogP contribution in [0.15, 0.2) is 51.7 Å². The van der Waals surface area contributed by atoms with E-state index in [4.69, 9.17) is 5.26 Å². The van der Waals surface area contributed by atoms with E-state index < -0.39 is 5.56 Å². The molecule has 0 spiro atoms. The van der Waals surface area contributed by atoms with Gasteiger partial charge in [-0.25, -0.2) is 0 Å². The van der Waals surface area contributed by atoms with Gasteiger partial charge in [0.15, 0.2) is 5.56 Å². The molecule has 0 aliphatic carbocycles. The van der Waals surface area contributed by atoms with Gasteiger partial charge in [-0.3, -0.25) is 9.17 Å². The summed E-state index contributed by atoms with van der Waals surface area (Å²) in [6.45, 7) is 0. The molecule has 1 aromatic heterocycles. The van der Waals surface area contributed by atoms with Crippen LogP contribution in [0.5, 0.6) is 5.75 Å². The highest BCUT2D eigenvalue weighted by Gasteiger charge is 2.14. The van der Waals surface area contributed by atoms with Crippen LogP contribution in [-0.2, 0) is 0 Å². The first kappa shape index (κ1) is 15.3. The van der Waals surface area contributed by atoms with Gasteiger partial charge in [0.1, 0.15) is 16.8 Å². The van der Waals surface area contributed by atoms with Gasteiger partial charge in [-0.2, -0.15) is 5.26 Å². The number of halogens is 1. The number of nitrogens with one attached hydrogen (secondary N) is 2. The second-order valence-corrected chi connectivity index (χ2v) is 6.37. The molecule has 3 aromatic rings. The molecule has 2 aromatic carbocycles. The van der Waals surface area contributed by atoms with Gasteiger partial charge in [0.25, 0.3) is 5.56 Å². The number of hydrogen-bond acceptors (Lipinski definition) is 5. The fourth-order valence-corrected chi connectivity index (χ4v) is 3.30. The molecule has 23 heavy (non-hydrogen) atoms. The highest BCUT2D eigenvalue weighted by Crippen LogP contribution is 2.39. The number of rotatable bonds is 3. The SMILES string of the molecule is N#Cc1c(Nc2cc(Br)c(O)c(-c3ccccc3)c2)s[nH]c1=O. The Morgan fingerprint density at radius 1 is 1.26 bits per heavy atom. The summed E-state index contributed by atoms with van der Waals surface area (Å²) in [5.41, 5.74) is 1.78. The van der Waals surface area contributed by atoms with Crippen LogP contribution in [0.3, 0.4) is 0 Å². The minimum Gasteiger partial charge on any atom is -0.506 e. The lowest BCUT2D eigenvalue weighted by molar-refractivity contribution is 0.474. The smallest absolute Gasteiger partial charge is 0.278 e. The molecule has 0 unspecified atom stereocenters. The van der Waals surface area contributed by atoms with Crippen LogP contribution in [0.2, 0.25) is 0 Å². The number of benzene rings is 2. The number of phenolic OH excluding ortho intramolecular Hbond substituents is 1. The quantitative estimate of drug-likeness (QED) is 0.587. The maximum Gasteiger partial charge on any atom is 0.278 e. The maximum atomic E-state index is 11.5. The van der Waals surface area contributed by atoms with E-state index in [-0.39, 0.29) is 11.3 Å². The Morgan fingerprint density at radius 3 is 2.70 bits per heavy atom. The van der Waals surface area contributed by atoms with E-state index in [1.54, 1.807) is 12.1 Å². The van der Waals surface area contributed by atoms with Crippen LogP contribution in [-0.4, -0.2) is 9.48 Å². The van der Waals surface area contributed by atoms with Crippen molar-refractivity contribution < 1.29 is 5.11 Å². The highest BCUT2D eigenvalue weighted by atomic mass is 79.9. The van der Waals surface area contributed by atoms with E-state index in [0.717, 1.165) is 17.1 Å². The summed E-state index contributed by atoms with van der Waals surface area (Å²) < 4.78 is 3.04. The van der Waals surface area contributed by atoms with E-state index in [0.29, 0.717) is 20.7 Å². The summed E-state index contributed by atoms with van der Waals surface area (Å²) >= 11 is 4.39. The van der Waals surface area contributed by atoms with Crippen molar-refractivity contribution in [3.63, 3.8) is 0 Å². The predicted octanol–water partition coefficient (Wildman–Crippen LogP) is 4.19. The van der Waals surface area contributed by atoms with Gasteiger partial charge in [0.05, 0.1) is 4.47 Å². The Kier molecular flexibility index (Phi) is 4.19. The number of phenols is 1. The lowest BCUT2D eigenvalue weighted by Crippen LogP contribution is -2.02. The second kappa shape index (κ2) is 6.28. The predicted molar refractivity (Wildman–Crippen MR) is 94.2 cm³/mol. The standard InChI is InChI=1S/C16H10BrN3O2S/c17-13-7-10(19-16-12(8-18)15(22)20-23-16)6-11(14(13)21)9-4-2-1-3-5-9/h1-7,19,21H,(H,20,22). The topological polar surface area (TPSA) is 88.9 Å². The van der Waals surface area contributed by atoms with E-state index in [2.05, 4.69) is 25.6 Å². The lowest BCUT2D eigenvalue weighted by atomic mass is 10.0. The zero-order valence-electron chi connectivity index (χ0n) is 11.6. The van der Waals surface area contributed by atoms with Crippen molar-refractivity contribution >= 4 is 38.2 Å². The summed E-state index contributed by atoms with van der Waals surface area (Å²) in [4.78, 5) is 11.5. The maximum absolute atomic E-state index is 11.5. The summed E-state index contributed by atoms with van der Waals surface area (Å²) in [5.74, 6) is 0.129. The number of anilines is 2. The molecule has 0 aliphatic heterocycles. The second-order valence-electron chi connectivity index (χ2n) is 4.69. The van der Waals surface area contributed by atoms with Gasteiger partial charge in [-0.15, -0.1) is 0 Å². The number of aromatic nitrogens is 1. The zero-order chi connectivity index (χ0) is 16.4. The molecular weight excluding hydrogens is 378 g/mol. The Bertz CT molecular complexity index is 958. The molecule has 0 aliphatic rings. The molecule has 1 heterocycles. The van der Waals surface area contributed by atoms with Crippen molar-refractivity contribution in [2.24, 2.45) is 0 Å². The van der Waals surface area contributed by atoms with Gasteiger partial charge < -0.3 is 10.4 Å². The van der Waals surface area contributed by atoms with Crippen LogP contribution in [0.4, 0.5) is 10.7 Å². The van der Waals surface area contributed by atoms with E-state index in [9.17, 15) is 9.90 Å². The first-order valence-electron chi connectivity index (χ1n) is 6.56. The van der Waals surface area contributed by atoms with Gasteiger partial charge in [0.2, 0.25) is 0 Å². The number of aromatic amines is 1. The summed E-state index contributed by atoms with van der Waals surface area (Å²) in [5, 5.41) is 22.8. The highest BCUT2D eigenvalue weighted by molar-refractivity contribution is 9.10. The van der Waals surface area contributed by atoms with E-state index in [1.165, 1.54) is 0 Å². The van der Waals surface area contributed by atoms with Crippen LogP contribution in [0.1, 0.15) is 5.56 Å². The fourth-order valence-electron chi connectivity index (χ4n) is 2.13. The van der Waals surface area contributed by atoms with Crippen molar-refractivity contribution in [3.05, 3.63) is 62.9 Å². The molecule has 0 bridgehead atoms. The normalized spacial score (nSPS) is 10.3. The van der Waals surface area contributed by atoms with Crippen LogP contribution in [0.25, 0.3) is 11.1 Å². The Labute approximate surface area is 144 Å². The summed E-state index contributed by atoms with van der Waals surface area (Å²) in [6.07, 6.45) is 0. The van der Waals surface area contributed by atoms with E-state index in [1.807, 2.05) is 36.4 Å². The molecule has 0 amide bonds. The van der Waals surface area contributed by atoms with Gasteiger partial charge >= 0.3 is 0 Å². The summed E-state index contributed by atoms with van der Waals surface area (Å²) in [7, 11) is 0. The van der Waals surface area contributed by atoms with E-state index >= 15 is 0 Å². The van der Waals surface area contributed by atoms with Gasteiger partial charge in [0, 0.05) is 11.3 Å². The number of hydrogen-bond donors (Lipinski definition) is 3. The number of nitriles is 1. The number of nitrogens with zero attached hydrogens (tertiary/aromatic N) is 1. The molecule has 5 nitrogen and oxygen atoms in total. The van der Waals surface area contributed by atoms with Crippen LogP contribution >= 0.6 is 27.5 Å². The van der Waals surface area contributed by atoms with Crippen LogP contribution in [0, 0.1) is 11.3 Å². The molecule has 3 N–H and O–H groups in total. The number of H-pyrrole nitrogens is 1. The molecule has 3 rings (SSSR count). The van der Waals surface area contributed by atoms with Crippen molar-refractivity contribution in [1.82, 2.24) is 4.37 Å². The van der Waals surface area contributed by atoms with Crippen molar-refractivity contribution in [2.75, 3.05) is 5.32 Å². The molecule has 0 saturated heterocycles.